The van der Waals surface area contributed by atoms with Crippen molar-refractivity contribution in [2.24, 2.45) is 5.41 Å². The van der Waals surface area contributed by atoms with Crippen molar-refractivity contribution in [1.82, 2.24) is 0 Å². The number of ketones is 1. The minimum atomic E-state index is -0.371. The fraction of sp³-hybridized carbons (Fsp3) is 0.316. The van der Waals surface area contributed by atoms with Crippen molar-refractivity contribution >= 4 is 5.78 Å². The average Bonchev–Trinajstić information content (AvgIpc) is 2.36. The number of benzene rings is 2. The summed E-state index contributed by atoms with van der Waals surface area (Å²) in [5, 5.41) is 0. The molecule has 20 heavy (non-hydrogen) atoms. The molecule has 1 nitrogen and oxygen atoms in total. The predicted molar refractivity (Wildman–Crippen MR) is 85.1 cm³/mol. The normalized spacial score (nSPS) is 11.4. The monoisotopic (exact) mass is 266 g/mol. The average molecular weight is 266 g/mol. The minimum Gasteiger partial charge on any atom is -0.294 e. The van der Waals surface area contributed by atoms with Crippen LogP contribution < -0.4 is 0 Å². The molecule has 2 aromatic rings. The smallest absolute Gasteiger partial charge is 0.168 e. The molecule has 104 valence electrons. The van der Waals surface area contributed by atoms with Gasteiger partial charge in [0.25, 0.3) is 0 Å². The molecule has 0 aliphatic carbocycles. The number of aryl methyl sites for hydroxylation is 2. The number of carbonyl (C=O) groups is 1. The Labute approximate surface area is 121 Å². The third-order valence-electron chi connectivity index (χ3n) is 3.47. The Morgan fingerprint density at radius 1 is 0.950 bits per heavy atom. The third kappa shape index (κ3) is 2.82. The van der Waals surface area contributed by atoms with Crippen LogP contribution in [0.2, 0.25) is 0 Å². The fourth-order valence-corrected chi connectivity index (χ4v) is 2.54. The van der Waals surface area contributed by atoms with Crippen LogP contribution >= 0.6 is 0 Å². The molecule has 0 radical (unpaired) electrons. The van der Waals surface area contributed by atoms with Crippen LogP contribution in [0.3, 0.4) is 0 Å². The van der Waals surface area contributed by atoms with Crippen molar-refractivity contribution in [1.29, 1.82) is 0 Å². The van der Waals surface area contributed by atoms with Crippen molar-refractivity contribution in [2.75, 3.05) is 0 Å². The maximum atomic E-state index is 12.8. The van der Waals surface area contributed by atoms with Gasteiger partial charge in [-0.2, -0.15) is 0 Å². The Morgan fingerprint density at radius 2 is 1.55 bits per heavy atom. The molecule has 0 saturated carbocycles. The molecule has 0 spiro atoms. The number of hydrogen-bond donors (Lipinski definition) is 0. The highest BCUT2D eigenvalue weighted by atomic mass is 16.1. The SMILES string of the molecule is Cc1cc(C)c(-c2ccccc2)c(C(=O)C(C)(C)C)c1. The van der Waals surface area contributed by atoms with Crippen LogP contribution in [0.4, 0.5) is 0 Å². The van der Waals surface area contributed by atoms with Crippen molar-refractivity contribution in [3.8, 4) is 11.1 Å². The quantitative estimate of drug-likeness (QED) is 0.683. The molecule has 2 rings (SSSR count). The Morgan fingerprint density at radius 3 is 2.10 bits per heavy atom. The summed E-state index contributed by atoms with van der Waals surface area (Å²) >= 11 is 0. The van der Waals surface area contributed by atoms with Crippen molar-refractivity contribution in [3.63, 3.8) is 0 Å². The van der Waals surface area contributed by atoms with E-state index in [4.69, 9.17) is 0 Å². The fourth-order valence-electron chi connectivity index (χ4n) is 2.54. The zero-order chi connectivity index (χ0) is 14.9. The lowest BCUT2D eigenvalue weighted by atomic mass is 9.81. The van der Waals surface area contributed by atoms with E-state index in [0.717, 1.165) is 27.8 Å². The molecule has 0 N–H and O–H groups in total. The number of hydrogen-bond acceptors (Lipinski definition) is 1. The predicted octanol–water partition coefficient (Wildman–Crippen LogP) is 5.20. The molecule has 0 aliphatic heterocycles. The van der Waals surface area contributed by atoms with E-state index >= 15 is 0 Å². The van der Waals surface area contributed by atoms with Crippen LogP contribution in [0.5, 0.6) is 0 Å². The van der Waals surface area contributed by atoms with Gasteiger partial charge in [-0.1, -0.05) is 62.7 Å². The minimum absolute atomic E-state index is 0.197. The molecule has 0 bridgehead atoms. The summed E-state index contributed by atoms with van der Waals surface area (Å²) in [7, 11) is 0. The summed E-state index contributed by atoms with van der Waals surface area (Å²) in [6.07, 6.45) is 0. The molecule has 0 heterocycles. The molecule has 0 aliphatic rings. The van der Waals surface area contributed by atoms with Crippen LogP contribution in [0.15, 0.2) is 42.5 Å². The Hall–Kier alpha value is -1.89. The molecule has 0 atom stereocenters. The van der Waals surface area contributed by atoms with Crippen LogP contribution in [0.1, 0.15) is 42.3 Å². The van der Waals surface area contributed by atoms with E-state index in [0.29, 0.717) is 0 Å². The van der Waals surface area contributed by atoms with E-state index in [2.05, 4.69) is 25.1 Å². The largest absolute Gasteiger partial charge is 0.294 e. The van der Waals surface area contributed by atoms with Gasteiger partial charge in [-0.05, 0) is 36.6 Å². The molecular weight excluding hydrogens is 244 g/mol. The van der Waals surface area contributed by atoms with E-state index in [1.807, 2.05) is 52.0 Å². The number of rotatable bonds is 2. The van der Waals surface area contributed by atoms with Gasteiger partial charge in [0.05, 0.1) is 0 Å². The van der Waals surface area contributed by atoms with Crippen molar-refractivity contribution in [2.45, 2.75) is 34.6 Å². The summed E-state index contributed by atoms with van der Waals surface area (Å²) in [5.41, 5.74) is 4.93. The van der Waals surface area contributed by atoms with E-state index in [1.165, 1.54) is 0 Å². The van der Waals surface area contributed by atoms with Crippen molar-refractivity contribution < 1.29 is 4.79 Å². The molecule has 1 heteroatoms. The standard InChI is InChI=1S/C19H22O/c1-13-11-14(2)17(15-9-7-6-8-10-15)16(12-13)18(20)19(3,4)5/h6-12H,1-5H3. The third-order valence-corrected chi connectivity index (χ3v) is 3.47. The molecule has 0 aromatic heterocycles. The molecular formula is C19H22O. The van der Waals surface area contributed by atoms with Gasteiger partial charge in [0, 0.05) is 11.0 Å². The maximum absolute atomic E-state index is 12.8. The highest BCUT2D eigenvalue weighted by Crippen LogP contribution is 2.33. The lowest BCUT2D eigenvalue weighted by Gasteiger charge is -2.21. The first-order valence-corrected chi connectivity index (χ1v) is 7.02. The molecule has 0 saturated heterocycles. The summed E-state index contributed by atoms with van der Waals surface area (Å²) in [6.45, 7) is 10.0. The van der Waals surface area contributed by atoms with E-state index in [9.17, 15) is 4.79 Å². The first-order chi connectivity index (χ1) is 9.30. The second kappa shape index (κ2) is 5.24. The Bertz CT molecular complexity index is 631. The first-order valence-electron chi connectivity index (χ1n) is 7.02. The lowest BCUT2D eigenvalue weighted by molar-refractivity contribution is 0.0859. The topological polar surface area (TPSA) is 17.1 Å². The van der Waals surface area contributed by atoms with Crippen LogP contribution in [-0.2, 0) is 0 Å². The second-order valence-electron chi connectivity index (χ2n) is 6.45. The zero-order valence-electron chi connectivity index (χ0n) is 12.9. The summed E-state index contributed by atoms with van der Waals surface area (Å²) in [4.78, 5) is 12.8. The highest BCUT2D eigenvalue weighted by Gasteiger charge is 2.26. The Balaban J connectivity index is 2.71. The summed E-state index contributed by atoms with van der Waals surface area (Å²) < 4.78 is 0. The van der Waals surface area contributed by atoms with E-state index in [-0.39, 0.29) is 11.2 Å². The van der Waals surface area contributed by atoms with Crippen LogP contribution in [0, 0.1) is 19.3 Å². The summed E-state index contributed by atoms with van der Waals surface area (Å²) in [6, 6.07) is 14.3. The number of Topliss-reactive ketones (excluding diaryl/α,β-unsaturated/α-hetero) is 1. The van der Waals surface area contributed by atoms with Gasteiger partial charge in [-0.15, -0.1) is 0 Å². The molecule has 0 amide bonds. The van der Waals surface area contributed by atoms with Crippen molar-refractivity contribution in [3.05, 3.63) is 59.2 Å². The van der Waals surface area contributed by atoms with Gasteiger partial charge in [0.2, 0.25) is 0 Å². The van der Waals surface area contributed by atoms with Gasteiger partial charge in [-0.25, -0.2) is 0 Å². The van der Waals surface area contributed by atoms with Crippen LogP contribution in [0.25, 0.3) is 11.1 Å². The second-order valence-corrected chi connectivity index (χ2v) is 6.45. The number of carbonyl (C=O) groups excluding carboxylic acids is 1. The highest BCUT2D eigenvalue weighted by molar-refractivity contribution is 6.06. The van der Waals surface area contributed by atoms with Crippen LogP contribution in [-0.4, -0.2) is 5.78 Å². The van der Waals surface area contributed by atoms with Gasteiger partial charge in [-0.3, -0.25) is 4.79 Å². The zero-order valence-corrected chi connectivity index (χ0v) is 12.9. The van der Waals surface area contributed by atoms with Gasteiger partial charge in [0.1, 0.15) is 0 Å². The first kappa shape index (κ1) is 14.5. The molecule has 0 unspecified atom stereocenters. The summed E-state index contributed by atoms with van der Waals surface area (Å²) in [5.74, 6) is 0.197. The molecule has 2 aromatic carbocycles. The van der Waals surface area contributed by atoms with E-state index in [1.54, 1.807) is 0 Å². The van der Waals surface area contributed by atoms with Gasteiger partial charge >= 0.3 is 0 Å². The lowest BCUT2D eigenvalue weighted by Crippen LogP contribution is -2.21. The van der Waals surface area contributed by atoms with Gasteiger partial charge < -0.3 is 0 Å². The molecule has 0 fully saturated rings. The van der Waals surface area contributed by atoms with E-state index < -0.39 is 0 Å². The Kier molecular flexibility index (Phi) is 3.80. The maximum Gasteiger partial charge on any atom is 0.168 e. The van der Waals surface area contributed by atoms with Gasteiger partial charge in [0.15, 0.2) is 5.78 Å².